The third-order valence-electron chi connectivity index (χ3n) is 1.88. The van der Waals surface area contributed by atoms with E-state index in [4.69, 9.17) is 5.11 Å². The van der Waals surface area contributed by atoms with Gasteiger partial charge in [-0.15, -0.1) is 0 Å². The Bertz CT molecular complexity index is 334. The number of nitrogens with zero attached hydrogens (tertiary/aromatic N) is 2. The van der Waals surface area contributed by atoms with Crippen molar-refractivity contribution < 1.29 is 9.90 Å². The molecule has 4 nitrogen and oxygen atoms in total. The van der Waals surface area contributed by atoms with Crippen LogP contribution < -0.4 is 0 Å². The van der Waals surface area contributed by atoms with Crippen molar-refractivity contribution in [2.24, 2.45) is 0 Å². The number of imidazole rings is 1. The Labute approximate surface area is 77.2 Å². The second-order valence-corrected chi connectivity index (χ2v) is 4.02. The van der Waals surface area contributed by atoms with Gasteiger partial charge in [-0.2, -0.15) is 0 Å². The van der Waals surface area contributed by atoms with E-state index in [1.54, 1.807) is 17.8 Å². The average molecular weight is 182 g/mol. The SMILES string of the molecule is Cc1ncn(C(C)(C)C)c1C(=O)O. The fourth-order valence-electron chi connectivity index (χ4n) is 1.20. The van der Waals surface area contributed by atoms with Gasteiger partial charge < -0.3 is 9.67 Å². The normalized spacial score (nSPS) is 11.7. The predicted molar refractivity (Wildman–Crippen MR) is 48.9 cm³/mol. The molecule has 0 aromatic carbocycles. The zero-order chi connectivity index (χ0) is 10.2. The lowest BCUT2D eigenvalue weighted by Gasteiger charge is -2.22. The molecule has 0 bridgehead atoms. The highest BCUT2D eigenvalue weighted by atomic mass is 16.4. The first-order valence-corrected chi connectivity index (χ1v) is 4.11. The molecule has 1 aromatic rings. The lowest BCUT2D eigenvalue weighted by atomic mass is 10.1. The molecule has 0 aliphatic rings. The summed E-state index contributed by atoms with van der Waals surface area (Å²) >= 11 is 0. The number of aromatic carboxylic acids is 1. The van der Waals surface area contributed by atoms with Gasteiger partial charge in [-0.05, 0) is 27.7 Å². The van der Waals surface area contributed by atoms with Crippen molar-refractivity contribution in [3.05, 3.63) is 17.7 Å². The van der Waals surface area contributed by atoms with Crippen LogP contribution in [-0.2, 0) is 5.54 Å². The monoisotopic (exact) mass is 182 g/mol. The molecule has 0 saturated heterocycles. The first-order chi connectivity index (χ1) is 5.84. The molecule has 0 radical (unpaired) electrons. The summed E-state index contributed by atoms with van der Waals surface area (Å²) in [6.45, 7) is 7.54. The Balaban J connectivity index is 3.31. The van der Waals surface area contributed by atoms with Crippen molar-refractivity contribution in [1.29, 1.82) is 0 Å². The van der Waals surface area contributed by atoms with Crippen LogP contribution in [0.2, 0.25) is 0 Å². The van der Waals surface area contributed by atoms with Crippen LogP contribution in [0.15, 0.2) is 6.33 Å². The standard InChI is InChI=1S/C9H14N2O2/c1-6-7(8(12)13)11(5-10-6)9(2,3)4/h5H,1-4H3,(H,12,13). The first kappa shape index (κ1) is 9.77. The summed E-state index contributed by atoms with van der Waals surface area (Å²) in [4.78, 5) is 14.9. The number of hydrogen-bond acceptors (Lipinski definition) is 2. The fraction of sp³-hybridized carbons (Fsp3) is 0.556. The number of carbonyl (C=O) groups is 1. The second kappa shape index (κ2) is 2.87. The smallest absolute Gasteiger partial charge is 0.354 e. The highest BCUT2D eigenvalue weighted by Gasteiger charge is 2.22. The van der Waals surface area contributed by atoms with Crippen LogP contribution in [0.25, 0.3) is 0 Å². The zero-order valence-electron chi connectivity index (χ0n) is 8.33. The molecule has 0 atom stereocenters. The van der Waals surface area contributed by atoms with E-state index >= 15 is 0 Å². The molecule has 1 N–H and O–H groups in total. The molecule has 0 amide bonds. The predicted octanol–water partition coefficient (Wildman–Crippen LogP) is 1.64. The molecular formula is C9H14N2O2. The van der Waals surface area contributed by atoms with Crippen molar-refractivity contribution in [1.82, 2.24) is 9.55 Å². The van der Waals surface area contributed by atoms with E-state index in [9.17, 15) is 4.79 Å². The van der Waals surface area contributed by atoms with Gasteiger partial charge >= 0.3 is 5.97 Å². The Morgan fingerprint density at radius 2 is 2.08 bits per heavy atom. The lowest BCUT2D eigenvalue weighted by molar-refractivity contribution is 0.0677. The molecule has 4 heteroatoms. The van der Waals surface area contributed by atoms with Gasteiger partial charge in [0.25, 0.3) is 0 Å². The van der Waals surface area contributed by atoms with Gasteiger partial charge in [0.05, 0.1) is 12.0 Å². The van der Waals surface area contributed by atoms with E-state index in [1.807, 2.05) is 20.8 Å². The Hall–Kier alpha value is -1.32. The van der Waals surface area contributed by atoms with Crippen molar-refractivity contribution in [3.8, 4) is 0 Å². The largest absolute Gasteiger partial charge is 0.477 e. The number of rotatable bonds is 1. The minimum Gasteiger partial charge on any atom is -0.477 e. The average Bonchev–Trinajstić information content (AvgIpc) is 2.28. The summed E-state index contributed by atoms with van der Waals surface area (Å²) in [5.41, 5.74) is 0.588. The van der Waals surface area contributed by atoms with Gasteiger partial charge in [-0.1, -0.05) is 0 Å². The Kier molecular flexibility index (Phi) is 2.15. The van der Waals surface area contributed by atoms with Gasteiger partial charge in [0.1, 0.15) is 0 Å². The van der Waals surface area contributed by atoms with Crippen LogP contribution >= 0.6 is 0 Å². The minimum absolute atomic E-state index is 0.241. The second-order valence-electron chi connectivity index (χ2n) is 4.02. The molecule has 0 aliphatic heterocycles. The summed E-state index contributed by atoms with van der Waals surface area (Å²) in [7, 11) is 0. The third kappa shape index (κ3) is 1.71. The molecule has 13 heavy (non-hydrogen) atoms. The first-order valence-electron chi connectivity index (χ1n) is 4.11. The Morgan fingerprint density at radius 1 is 1.54 bits per heavy atom. The van der Waals surface area contributed by atoms with Crippen LogP contribution in [0.4, 0.5) is 0 Å². The minimum atomic E-state index is -0.926. The van der Waals surface area contributed by atoms with Crippen LogP contribution in [0.5, 0.6) is 0 Å². The number of carboxylic acids is 1. The number of carboxylic acid groups (broad SMARTS) is 1. The van der Waals surface area contributed by atoms with E-state index in [1.165, 1.54) is 0 Å². The van der Waals surface area contributed by atoms with Gasteiger partial charge in [0.2, 0.25) is 0 Å². The van der Waals surface area contributed by atoms with E-state index in [2.05, 4.69) is 4.98 Å². The number of aromatic nitrogens is 2. The zero-order valence-corrected chi connectivity index (χ0v) is 8.33. The van der Waals surface area contributed by atoms with Crippen molar-refractivity contribution >= 4 is 5.97 Å². The molecule has 0 aliphatic carbocycles. The maximum Gasteiger partial charge on any atom is 0.354 e. The van der Waals surface area contributed by atoms with Crippen LogP contribution in [0, 0.1) is 6.92 Å². The molecule has 0 spiro atoms. The van der Waals surface area contributed by atoms with Crippen LogP contribution in [-0.4, -0.2) is 20.6 Å². The van der Waals surface area contributed by atoms with Crippen LogP contribution in [0.1, 0.15) is 37.0 Å². The summed E-state index contributed by atoms with van der Waals surface area (Å²) in [5.74, 6) is -0.926. The third-order valence-corrected chi connectivity index (χ3v) is 1.88. The summed E-state index contributed by atoms with van der Waals surface area (Å²) in [6, 6.07) is 0. The molecule has 1 rings (SSSR count). The van der Waals surface area contributed by atoms with Crippen molar-refractivity contribution in [2.75, 3.05) is 0 Å². The molecule has 0 fully saturated rings. The van der Waals surface area contributed by atoms with Crippen LogP contribution in [0.3, 0.4) is 0 Å². The fourth-order valence-corrected chi connectivity index (χ4v) is 1.20. The Morgan fingerprint density at radius 3 is 2.38 bits per heavy atom. The van der Waals surface area contributed by atoms with E-state index in [-0.39, 0.29) is 11.2 Å². The quantitative estimate of drug-likeness (QED) is 0.718. The van der Waals surface area contributed by atoms with E-state index < -0.39 is 5.97 Å². The summed E-state index contributed by atoms with van der Waals surface area (Å²) < 4.78 is 1.67. The highest BCUT2D eigenvalue weighted by molar-refractivity contribution is 5.87. The topological polar surface area (TPSA) is 55.1 Å². The summed E-state index contributed by atoms with van der Waals surface area (Å²) in [6.07, 6.45) is 1.57. The number of hydrogen-bond donors (Lipinski definition) is 1. The van der Waals surface area contributed by atoms with E-state index in [0.717, 1.165) is 0 Å². The maximum atomic E-state index is 10.9. The molecular weight excluding hydrogens is 168 g/mol. The van der Waals surface area contributed by atoms with Gasteiger partial charge in [-0.3, -0.25) is 0 Å². The molecule has 0 unspecified atom stereocenters. The summed E-state index contributed by atoms with van der Waals surface area (Å²) in [5, 5.41) is 8.94. The van der Waals surface area contributed by atoms with Gasteiger partial charge in [-0.25, -0.2) is 9.78 Å². The highest BCUT2D eigenvalue weighted by Crippen LogP contribution is 2.18. The molecule has 0 saturated carbocycles. The van der Waals surface area contributed by atoms with Crippen molar-refractivity contribution in [2.45, 2.75) is 33.2 Å². The van der Waals surface area contributed by atoms with Crippen molar-refractivity contribution in [3.63, 3.8) is 0 Å². The van der Waals surface area contributed by atoms with Gasteiger partial charge in [0, 0.05) is 5.54 Å². The molecule has 1 heterocycles. The maximum absolute atomic E-state index is 10.9. The van der Waals surface area contributed by atoms with Gasteiger partial charge in [0.15, 0.2) is 5.69 Å². The number of aryl methyl sites for hydroxylation is 1. The molecule has 1 aromatic heterocycles. The lowest BCUT2D eigenvalue weighted by Crippen LogP contribution is -2.25. The molecule has 72 valence electrons. The van der Waals surface area contributed by atoms with E-state index in [0.29, 0.717) is 5.69 Å².